The molecule has 24 heavy (non-hydrogen) atoms. The monoisotopic (exact) mass is 329 g/mol. The van der Waals surface area contributed by atoms with Crippen LogP contribution < -0.4 is 5.32 Å². The van der Waals surface area contributed by atoms with Crippen LogP contribution in [0.3, 0.4) is 0 Å². The molecule has 0 atom stereocenters. The number of nitrogens with zero attached hydrogens (tertiary/aromatic N) is 2. The molecule has 0 radical (unpaired) electrons. The first kappa shape index (κ1) is 17.7. The van der Waals surface area contributed by atoms with Crippen molar-refractivity contribution < 1.29 is 14.3 Å². The van der Waals surface area contributed by atoms with Crippen LogP contribution in [0.5, 0.6) is 0 Å². The van der Waals surface area contributed by atoms with Crippen molar-refractivity contribution in [2.45, 2.75) is 33.6 Å². The Morgan fingerprint density at radius 3 is 2.50 bits per heavy atom. The van der Waals surface area contributed by atoms with Crippen LogP contribution in [0.4, 0.5) is 0 Å². The number of rotatable bonds is 7. The normalized spacial score (nSPS) is 10.5. The smallest absolute Gasteiger partial charge is 0.325 e. The summed E-state index contributed by atoms with van der Waals surface area (Å²) in [5.41, 5.74) is 4.12. The lowest BCUT2D eigenvalue weighted by Gasteiger charge is -2.07. The van der Waals surface area contributed by atoms with Gasteiger partial charge in [-0.2, -0.15) is 5.10 Å². The average Bonchev–Trinajstić information content (AvgIpc) is 2.90. The second kappa shape index (κ2) is 8.29. The molecule has 0 aliphatic heterocycles. The SMILES string of the molecule is CCOC(=O)CNC(=O)CCc1ccc(-n2nc(C)cc2C)cc1. The number of esters is 1. The number of amides is 1. The van der Waals surface area contributed by atoms with Crippen LogP contribution in [0.25, 0.3) is 5.69 Å². The second-order valence-electron chi connectivity index (χ2n) is 5.59. The maximum Gasteiger partial charge on any atom is 0.325 e. The van der Waals surface area contributed by atoms with Gasteiger partial charge in [0.15, 0.2) is 0 Å². The number of aryl methyl sites for hydroxylation is 3. The van der Waals surface area contributed by atoms with Crippen molar-refractivity contribution in [1.82, 2.24) is 15.1 Å². The summed E-state index contributed by atoms with van der Waals surface area (Å²) in [6.45, 7) is 5.95. The maximum atomic E-state index is 11.7. The van der Waals surface area contributed by atoms with Gasteiger partial charge >= 0.3 is 5.97 Å². The van der Waals surface area contributed by atoms with Crippen LogP contribution in [-0.2, 0) is 20.7 Å². The summed E-state index contributed by atoms with van der Waals surface area (Å²) in [5, 5.41) is 7.01. The zero-order valence-electron chi connectivity index (χ0n) is 14.3. The van der Waals surface area contributed by atoms with Crippen molar-refractivity contribution in [2.24, 2.45) is 0 Å². The molecule has 0 saturated carbocycles. The number of carbonyl (C=O) groups is 2. The number of carbonyl (C=O) groups excluding carboxylic acids is 2. The van der Waals surface area contributed by atoms with E-state index in [1.807, 2.05) is 48.9 Å². The fourth-order valence-electron chi connectivity index (χ4n) is 2.42. The highest BCUT2D eigenvalue weighted by Gasteiger charge is 2.07. The molecular weight excluding hydrogens is 306 g/mol. The zero-order valence-corrected chi connectivity index (χ0v) is 14.3. The number of ether oxygens (including phenoxy) is 1. The largest absolute Gasteiger partial charge is 0.465 e. The van der Waals surface area contributed by atoms with Gasteiger partial charge in [0.2, 0.25) is 5.91 Å². The third-order valence-corrected chi connectivity index (χ3v) is 3.57. The fraction of sp³-hybridized carbons (Fsp3) is 0.389. The molecule has 0 aliphatic carbocycles. The first-order valence-electron chi connectivity index (χ1n) is 8.04. The highest BCUT2D eigenvalue weighted by Crippen LogP contribution is 2.13. The van der Waals surface area contributed by atoms with E-state index in [9.17, 15) is 9.59 Å². The summed E-state index contributed by atoms with van der Waals surface area (Å²) in [7, 11) is 0. The van der Waals surface area contributed by atoms with Gasteiger partial charge in [-0.3, -0.25) is 9.59 Å². The van der Waals surface area contributed by atoms with E-state index >= 15 is 0 Å². The van der Waals surface area contributed by atoms with Crippen molar-refractivity contribution in [3.05, 3.63) is 47.3 Å². The van der Waals surface area contributed by atoms with E-state index in [1.54, 1.807) is 6.92 Å². The van der Waals surface area contributed by atoms with E-state index in [4.69, 9.17) is 4.74 Å². The van der Waals surface area contributed by atoms with Crippen LogP contribution in [-0.4, -0.2) is 34.8 Å². The molecule has 6 heteroatoms. The molecule has 2 rings (SSSR count). The van der Waals surface area contributed by atoms with Gasteiger partial charge in [-0.1, -0.05) is 12.1 Å². The van der Waals surface area contributed by atoms with E-state index in [1.165, 1.54) is 0 Å². The van der Waals surface area contributed by atoms with Gasteiger partial charge in [-0.05, 0) is 51.0 Å². The Morgan fingerprint density at radius 2 is 1.92 bits per heavy atom. The summed E-state index contributed by atoms with van der Waals surface area (Å²) in [5.74, 6) is -0.578. The number of benzene rings is 1. The predicted octanol–water partition coefficient (Wildman–Crippen LogP) is 2.10. The Labute approximate surface area is 141 Å². The summed E-state index contributed by atoms with van der Waals surface area (Å²) in [6, 6.07) is 9.99. The van der Waals surface area contributed by atoms with Gasteiger partial charge in [0.1, 0.15) is 6.54 Å². The van der Waals surface area contributed by atoms with Gasteiger partial charge in [-0.25, -0.2) is 4.68 Å². The lowest BCUT2D eigenvalue weighted by molar-refractivity contribution is -0.143. The lowest BCUT2D eigenvalue weighted by Crippen LogP contribution is -2.30. The molecule has 1 amide bonds. The van der Waals surface area contributed by atoms with Crippen LogP contribution >= 0.6 is 0 Å². The first-order chi connectivity index (χ1) is 11.5. The molecule has 0 unspecified atom stereocenters. The summed E-state index contributed by atoms with van der Waals surface area (Å²) in [4.78, 5) is 22.9. The first-order valence-corrected chi connectivity index (χ1v) is 8.04. The molecule has 0 aliphatic rings. The molecule has 0 bridgehead atoms. The molecule has 1 heterocycles. The van der Waals surface area contributed by atoms with E-state index < -0.39 is 5.97 Å². The lowest BCUT2D eigenvalue weighted by atomic mass is 10.1. The topological polar surface area (TPSA) is 73.2 Å². The Morgan fingerprint density at radius 1 is 1.21 bits per heavy atom. The standard InChI is InChI=1S/C18H23N3O3/c1-4-24-18(23)12-19-17(22)10-7-15-5-8-16(9-6-15)21-14(3)11-13(2)20-21/h5-6,8-9,11H,4,7,10,12H2,1-3H3,(H,19,22). The van der Waals surface area contributed by atoms with Gasteiger partial charge in [0, 0.05) is 12.1 Å². The minimum Gasteiger partial charge on any atom is -0.465 e. The Kier molecular flexibility index (Phi) is 6.12. The minimum absolute atomic E-state index is 0.0798. The van der Waals surface area contributed by atoms with Crippen LogP contribution in [0.1, 0.15) is 30.3 Å². The summed E-state index contributed by atoms with van der Waals surface area (Å²) in [6.07, 6.45) is 0.949. The maximum absolute atomic E-state index is 11.7. The van der Waals surface area contributed by atoms with E-state index in [2.05, 4.69) is 10.4 Å². The van der Waals surface area contributed by atoms with Gasteiger partial charge in [-0.15, -0.1) is 0 Å². The Hall–Kier alpha value is -2.63. The highest BCUT2D eigenvalue weighted by atomic mass is 16.5. The van der Waals surface area contributed by atoms with Crippen LogP contribution in [0.2, 0.25) is 0 Å². The van der Waals surface area contributed by atoms with Gasteiger partial charge in [0.25, 0.3) is 0 Å². The van der Waals surface area contributed by atoms with E-state index in [0.717, 1.165) is 22.6 Å². The average molecular weight is 329 g/mol. The van der Waals surface area contributed by atoms with Gasteiger partial charge < -0.3 is 10.1 Å². The van der Waals surface area contributed by atoms with Crippen LogP contribution in [0, 0.1) is 13.8 Å². The van der Waals surface area contributed by atoms with E-state index in [-0.39, 0.29) is 12.5 Å². The molecule has 0 saturated heterocycles. The number of hydrogen-bond donors (Lipinski definition) is 1. The highest BCUT2D eigenvalue weighted by molar-refractivity contribution is 5.81. The minimum atomic E-state index is -0.417. The third kappa shape index (κ3) is 4.94. The molecule has 128 valence electrons. The quantitative estimate of drug-likeness (QED) is 0.790. The van der Waals surface area contributed by atoms with E-state index in [0.29, 0.717) is 19.4 Å². The molecule has 1 aromatic carbocycles. The summed E-state index contributed by atoms with van der Waals surface area (Å²) >= 11 is 0. The third-order valence-electron chi connectivity index (χ3n) is 3.57. The van der Waals surface area contributed by atoms with Crippen LogP contribution in [0.15, 0.2) is 30.3 Å². The van der Waals surface area contributed by atoms with Gasteiger partial charge in [0.05, 0.1) is 18.0 Å². The van der Waals surface area contributed by atoms with Crippen molar-refractivity contribution in [3.8, 4) is 5.69 Å². The Bertz CT molecular complexity index is 705. The molecule has 2 aromatic rings. The van der Waals surface area contributed by atoms with Crippen molar-refractivity contribution >= 4 is 11.9 Å². The molecule has 0 spiro atoms. The Balaban J connectivity index is 1.85. The van der Waals surface area contributed by atoms with Crippen molar-refractivity contribution in [3.63, 3.8) is 0 Å². The number of nitrogens with one attached hydrogen (secondary N) is 1. The zero-order chi connectivity index (χ0) is 17.5. The van der Waals surface area contributed by atoms with Crippen molar-refractivity contribution in [2.75, 3.05) is 13.2 Å². The second-order valence-corrected chi connectivity index (χ2v) is 5.59. The predicted molar refractivity (Wildman–Crippen MR) is 91.0 cm³/mol. The summed E-state index contributed by atoms with van der Waals surface area (Å²) < 4.78 is 6.65. The number of aromatic nitrogens is 2. The van der Waals surface area contributed by atoms with Crippen molar-refractivity contribution in [1.29, 1.82) is 0 Å². The molecular formula is C18H23N3O3. The molecule has 6 nitrogen and oxygen atoms in total. The fourth-order valence-corrected chi connectivity index (χ4v) is 2.42. The molecule has 1 N–H and O–H groups in total. The molecule has 0 fully saturated rings. The molecule has 1 aromatic heterocycles. The number of hydrogen-bond acceptors (Lipinski definition) is 4.